The van der Waals surface area contributed by atoms with Gasteiger partial charge in [-0.1, -0.05) is 25.0 Å². The van der Waals surface area contributed by atoms with Crippen LogP contribution < -0.4 is 0 Å². The molecule has 2 aliphatic rings. The molecule has 0 radical (unpaired) electrons. The number of amides is 1. The summed E-state index contributed by atoms with van der Waals surface area (Å²) in [5, 5.41) is 12.0. The Labute approximate surface area is 149 Å². The van der Waals surface area contributed by atoms with Crippen LogP contribution in [0.2, 0.25) is 0 Å². The van der Waals surface area contributed by atoms with Crippen LogP contribution in [0.4, 0.5) is 0 Å². The molecule has 1 saturated carbocycles. The summed E-state index contributed by atoms with van der Waals surface area (Å²) in [7, 11) is 0. The van der Waals surface area contributed by atoms with Gasteiger partial charge in [-0.3, -0.25) is 4.79 Å². The molecule has 1 saturated heterocycles. The van der Waals surface area contributed by atoms with E-state index in [-0.39, 0.29) is 11.8 Å². The van der Waals surface area contributed by atoms with Crippen molar-refractivity contribution in [3.05, 3.63) is 36.0 Å². The predicted octanol–water partition coefficient (Wildman–Crippen LogP) is 3.49. The van der Waals surface area contributed by atoms with Crippen LogP contribution >= 0.6 is 0 Å². The summed E-state index contributed by atoms with van der Waals surface area (Å²) in [4.78, 5) is 14.7. The number of piperidine rings is 1. The van der Waals surface area contributed by atoms with E-state index in [9.17, 15) is 9.90 Å². The van der Waals surface area contributed by atoms with Crippen molar-refractivity contribution in [3.8, 4) is 0 Å². The number of hydrogen-bond donors (Lipinski definition) is 1. The second kappa shape index (κ2) is 6.49. The second-order valence-corrected chi connectivity index (χ2v) is 7.90. The lowest BCUT2D eigenvalue weighted by atomic mass is 9.71. The van der Waals surface area contributed by atoms with E-state index in [0.717, 1.165) is 38.8 Å². The first-order valence-corrected chi connectivity index (χ1v) is 9.61. The molecule has 134 valence electrons. The Kier molecular flexibility index (Phi) is 4.32. The molecule has 1 aromatic heterocycles. The molecule has 4 rings (SSSR count). The maximum absolute atomic E-state index is 12.7. The summed E-state index contributed by atoms with van der Waals surface area (Å²) in [5.41, 5.74) is 1.96. The standard InChI is InChI=1S/C21H28N2O2/c1-16-5-4-7-19-18(16)8-12-22(19)13-9-20(24)23-14-11-21(25)10-3-2-6-17(21)15-23/h4-5,7-8,12,17,25H,2-3,6,9-11,13-15H2,1H3. The van der Waals surface area contributed by atoms with Gasteiger partial charge in [-0.2, -0.15) is 0 Å². The highest BCUT2D eigenvalue weighted by Gasteiger charge is 2.43. The van der Waals surface area contributed by atoms with Crippen LogP contribution in [0.15, 0.2) is 30.5 Å². The van der Waals surface area contributed by atoms with Crippen molar-refractivity contribution in [2.75, 3.05) is 13.1 Å². The third kappa shape index (κ3) is 3.08. The normalized spacial score (nSPS) is 26.6. The summed E-state index contributed by atoms with van der Waals surface area (Å²) >= 11 is 0. The molecule has 1 amide bonds. The maximum atomic E-state index is 12.7. The molecule has 2 heterocycles. The van der Waals surface area contributed by atoms with E-state index in [1.54, 1.807) is 0 Å². The molecule has 0 spiro atoms. The van der Waals surface area contributed by atoms with Gasteiger partial charge in [-0.05, 0) is 43.9 Å². The highest BCUT2D eigenvalue weighted by Crippen LogP contribution is 2.39. The highest BCUT2D eigenvalue weighted by molar-refractivity contribution is 5.83. The number of fused-ring (bicyclic) bond motifs is 2. The van der Waals surface area contributed by atoms with Crippen LogP contribution in [0.1, 0.15) is 44.1 Å². The van der Waals surface area contributed by atoms with Gasteiger partial charge in [0, 0.05) is 49.1 Å². The molecular weight excluding hydrogens is 312 g/mol. The summed E-state index contributed by atoms with van der Waals surface area (Å²) in [6, 6.07) is 8.45. The molecule has 2 fully saturated rings. The van der Waals surface area contributed by atoms with Crippen LogP contribution in [0.5, 0.6) is 0 Å². The minimum atomic E-state index is -0.511. The Hall–Kier alpha value is -1.81. The zero-order chi connectivity index (χ0) is 17.4. The number of aryl methyl sites for hydroxylation is 2. The Morgan fingerprint density at radius 2 is 2.16 bits per heavy atom. The molecule has 4 nitrogen and oxygen atoms in total. The van der Waals surface area contributed by atoms with E-state index >= 15 is 0 Å². The lowest BCUT2D eigenvalue weighted by Crippen LogP contribution is -2.54. The highest BCUT2D eigenvalue weighted by atomic mass is 16.3. The lowest BCUT2D eigenvalue weighted by molar-refractivity contribution is -0.143. The maximum Gasteiger partial charge on any atom is 0.224 e. The number of likely N-dealkylation sites (tertiary alicyclic amines) is 1. The van der Waals surface area contributed by atoms with Gasteiger partial charge in [0.15, 0.2) is 0 Å². The smallest absolute Gasteiger partial charge is 0.224 e. The summed E-state index contributed by atoms with van der Waals surface area (Å²) in [6.45, 7) is 4.28. The molecule has 1 N–H and O–H groups in total. The first-order valence-electron chi connectivity index (χ1n) is 9.61. The number of hydrogen-bond acceptors (Lipinski definition) is 2. The SMILES string of the molecule is Cc1cccc2c1ccn2CCC(=O)N1CCC2(O)CCCCC2C1. The summed E-state index contributed by atoms with van der Waals surface area (Å²) < 4.78 is 2.18. The van der Waals surface area contributed by atoms with Crippen LogP contribution in [0.3, 0.4) is 0 Å². The van der Waals surface area contributed by atoms with Crippen molar-refractivity contribution in [3.63, 3.8) is 0 Å². The van der Waals surface area contributed by atoms with Crippen molar-refractivity contribution in [1.82, 2.24) is 9.47 Å². The molecule has 1 aliphatic carbocycles. The number of carbonyl (C=O) groups is 1. The van der Waals surface area contributed by atoms with E-state index in [1.807, 2.05) is 4.90 Å². The predicted molar refractivity (Wildman–Crippen MR) is 99.4 cm³/mol. The minimum Gasteiger partial charge on any atom is -0.389 e. The van der Waals surface area contributed by atoms with Gasteiger partial charge < -0.3 is 14.6 Å². The van der Waals surface area contributed by atoms with Crippen LogP contribution in [-0.4, -0.2) is 39.2 Å². The average molecular weight is 340 g/mol. The number of nitrogens with zero attached hydrogens (tertiary/aromatic N) is 2. The fourth-order valence-electron chi connectivity index (χ4n) is 4.74. The first kappa shape index (κ1) is 16.6. The molecule has 1 aromatic carbocycles. The third-order valence-corrected chi connectivity index (χ3v) is 6.38. The van der Waals surface area contributed by atoms with Crippen molar-refractivity contribution in [2.24, 2.45) is 5.92 Å². The number of carbonyl (C=O) groups excluding carboxylic acids is 1. The van der Waals surface area contributed by atoms with Gasteiger partial charge >= 0.3 is 0 Å². The third-order valence-electron chi connectivity index (χ3n) is 6.38. The van der Waals surface area contributed by atoms with E-state index in [0.29, 0.717) is 13.0 Å². The van der Waals surface area contributed by atoms with Gasteiger partial charge in [0.05, 0.1) is 5.60 Å². The van der Waals surface area contributed by atoms with Crippen molar-refractivity contribution >= 4 is 16.8 Å². The zero-order valence-electron chi connectivity index (χ0n) is 15.1. The molecule has 1 aliphatic heterocycles. The summed E-state index contributed by atoms with van der Waals surface area (Å²) in [6.07, 6.45) is 7.64. The van der Waals surface area contributed by atoms with Crippen molar-refractivity contribution in [1.29, 1.82) is 0 Å². The average Bonchev–Trinajstić information content (AvgIpc) is 3.03. The number of rotatable bonds is 3. The molecule has 2 unspecified atom stereocenters. The largest absolute Gasteiger partial charge is 0.389 e. The van der Waals surface area contributed by atoms with Gasteiger partial charge in [0.1, 0.15) is 0 Å². The molecule has 2 aromatic rings. The number of benzene rings is 1. The van der Waals surface area contributed by atoms with Gasteiger partial charge in [-0.15, -0.1) is 0 Å². The Morgan fingerprint density at radius 1 is 1.28 bits per heavy atom. The Bertz CT molecular complexity index is 781. The Balaban J connectivity index is 1.40. The lowest BCUT2D eigenvalue weighted by Gasteiger charge is -2.47. The number of aromatic nitrogens is 1. The van der Waals surface area contributed by atoms with Gasteiger partial charge in [-0.25, -0.2) is 0 Å². The number of aliphatic hydroxyl groups is 1. The molecule has 4 heteroatoms. The molecule has 0 bridgehead atoms. The molecular formula is C21H28N2O2. The topological polar surface area (TPSA) is 45.5 Å². The summed E-state index contributed by atoms with van der Waals surface area (Å²) in [5.74, 6) is 0.496. The van der Waals surface area contributed by atoms with Crippen molar-refractivity contribution < 1.29 is 9.90 Å². The van der Waals surface area contributed by atoms with Crippen LogP contribution in [-0.2, 0) is 11.3 Å². The van der Waals surface area contributed by atoms with Crippen LogP contribution in [0.25, 0.3) is 10.9 Å². The molecule has 25 heavy (non-hydrogen) atoms. The van der Waals surface area contributed by atoms with E-state index in [1.165, 1.54) is 22.9 Å². The first-order chi connectivity index (χ1) is 12.1. The fraction of sp³-hybridized carbons (Fsp3) is 0.571. The van der Waals surface area contributed by atoms with E-state index in [4.69, 9.17) is 0 Å². The van der Waals surface area contributed by atoms with Crippen LogP contribution in [0, 0.1) is 12.8 Å². The van der Waals surface area contributed by atoms with E-state index in [2.05, 4.69) is 42.0 Å². The quantitative estimate of drug-likeness (QED) is 0.929. The zero-order valence-corrected chi connectivity index (χ0v) is 15.1. The Morgan fingerprint density at radius 3 is 3.04 bits per heavy atom. The molecule has 2 atom stereocenters. The fourth-order valence-corrected chi connectivity index (χ4v) is 4.74. The van der Waals surface area contributed by atoms with Gasteiger partial charge in [0.25, 0.3) is 0 Å². The monoisotopic (exact) mass is 340 g/mol. The minimum absolute atomic E-state index is 0.224. The second-order valence-electron chi connectivity index (χ2n) is 7.90. The van der Waals surface area contributed by atoms with Crippen molar-refractivity contribution in [2.45, 2.75) is 57.6 Å². The van der Waals surface area contributed by atoms with Gasteiger partial charge in [0.2, 0.25) is 5.91 Å². The van der Waals surface area contributed by atoms with E-state index < -0.39 is 5.60 Å².